The van der Waals surface area contributed by atoms with Crippen molar-refractivity contribution in [2.75, 3.05) is 0 Å². The summed E-state index contributed by atoms with van der Waals surface area (Å²) < 4.78 is 0. The van der Waals surface area contributed by atoms with Crippen LogP contribution in [0, 0.1) is 5.92 Å². The zero-order valence-electron chi connectivity index (χ0n) is 11.5. The molecule has 1 unspecified atom stereocenters. The van der Waals surface area contributed by atoms with Gasteiger partial charge in [0.25, 0.3) is 0 Å². The fraction of sp³-hybridized carbons (Fsp3) is 0.438. The number of hydrogen-bond acceptors (Lipinski definition) is 3. The van der Waals surface area contributed by atoms with Gasteiger partial charge in [-0.25, -0.2) is 4.98 Å². The number of rotatable bonds is 3. The van der Waals surface area contributed by atoms with Crippen LogP contribution in [0.4, 0.5) is 0 Å². The van der Waals surface area contributed by atoms with Gasteiger partial charge in [-0.1, -0.05) is 26.0 Å². The van der Waals surface area contributed by atoms with Crippen LogP contribution >= 0.6 is 11.3 Å². The zero-order chi connectivity index (χ0) is 13.4. The van der Waals surface area contributed by atoms with E-state index in [0.717, 1.165) is 10.7 Å². The molecule has 2 aromatic rings. The maximum absolute atomic E-state index is 6.17. The highest BCUT2D eigenvalue weighted by molar-refractivity contribution is 7.10. The van der Waals surface area contributed by atoms with Crippen LogP contribution in [-0.2, 0) is 12.8 Å². The number of nitrogens with zero attached hydrogens (tertiary/aromatic N) is 1. The van der Waals surface area contributed by atoms with E-state index in [1.165, 1.54) is 36.0 Å². The van der Waals surface area contributed by atoms with Gasteiger partial charge >= 0.3 is 0 Å². The Hall–Kier alpha value is -1.19. The van der Waals surface area contributed by atoms with E-state index in [1.54, 1.807) is 11.3 Å². The minimum Gasteiger partial charge on any atom is -0.322 e. The molecule has 0 radical (unpaired) electrons. The van der Waals surface area contributed by atoms with E-state index in [4.69, 9.17) is 10.7 Å². The number of aromatic nitrogens is 1. The molecule has 3 heteroatoms. The molecule has 0 bridgehead atoms. The van der Waals surface area contributed by atoms with E-state index in [9.17, 15) is 0 Å². The predicted molar refractivity (Wildman–Crippen MR) is 81.3 cm³/mol. The first-order chi connectivity index (χ1) is 9.15. The smallest absolute Gasteiger partial charge is 0.110 e. The number of fused-ring (bicyclic) bond motifs is 1. The Labute approximate surface area is 118 Å². The van der Waals surface area contributed by atoms with Crippen LogP contribution in [0.2, 0.25) is 0 Å². The molecule has 1 heterocycles. The Kier molecular flexibility index (Phi) is 3.42. The maximum Gasteiger partial charge on any atom is 0.110 e. The molecule has 2 nitrogen and oxygen atoms in total. The van der Waals surface area contributed by atoms with Gasteiger partial charge in [0.2, 0.25) is 0 Å². The van der Waals surface area contributed by atoms with E-state index in [1.807, 2.05) is 0 Å². The molecular formula is C16H20N2S. The molecule has 1 atom stereocenters. The van der Waals surface area contributed by atoms with Gasteiger partial charge in [0.1, 0.15) is 5.01 Å². The van der Waals surface area contributed by atoms with E-state index >= 15 is 0 Å². The SMILES string of the molecule is CC(C)C(N)c1nc(-c2ccc3c(c2)CCC3)cs1. The fourth-order valence-corrected chi connectivity index (χ4v) is 3.59. The summed E-state index contributed by atoms with van der Waals surface area (Å²) in [6, 6.07) is 6.82. The summed E-state index contributed by atoms with van der Waals surface area (Å²) >= 11 is 1.68. The highest BCUT2D eigenvalue weighted by Crippen LogP contribution is 2.31. The second kappa shape index (κ2) is 5.06. The van der Waals surface area contributed by atoms with E-state index in [0.29, 0.717) is 5.92 Å². The average molecular weight is 272 g/mol. The molecule has 1 aromatic carbocycles. The van der Waals surface area contributed by atoms with Crippen molar-refractivity contribution in [2.24, 2.45) is 11.7 Å². The van der Waals surface area contributed by atoms with Crippen molar-refractivity contribution in [2.45, 2.75) is 39.2 Å². The van der Waals surface area contributed by atoms with Crippen molar-refractivity contribution >= 4 is 11.3 Å². The molecule has 0 aliphatic heterocycles. The topological polar surface area (TPSA) is 38.9 Å². The van der Waals surface area contributed by atoms with Crippen LogP contribution in [0.5, 0.6) is 0 Å². The highest BCUT2D eigenvalue weighted by Gasteiger charge is 2.16. The summed E-state index contributed by atoms with van der Waals surface area (Å²) in [5, 5.41) is 3.18. The number of benzene rings is 1. The van der Waals surface area contributed by atoms with Crippen molar-refractivity contribution in [1.29, 1.82) is 0 Å². The van der Waals surface area contributed by atoms with E-state index in [-0.39, 0.29) is 6.04 Å². The summed E-state index contributed by atoms with van der Waals surface area (Å²) in [6.45, 7) is 4.28. The number of aryl methyl sites for hydroxylation is 2. The molecular weight excluding hydrogens is 252 g/mol. The van der Waals surface area contributed by atoms with E-state index in [2.05, 4.69) is 37.4 Å². The molecule has 0 saturated carbocycles. The van der Waals surface area contributed by atoms with Crippen LogP contribution in [0.15, 0.2) is 23.6 Å². The summed E-state index contributed by atoms with van der Waals surface area (Å²) in [7, 11) is 0. The standard InChI is InChI=1S/C16H20N2S/c1-10(2)15(17)16-18-14(9-19-16)13-7-6-11-4-3-5-12(11)8-13/h6-10,15H,3-5,17H2,1-2H3. The average Bonchev–Trinajstić information content (AvgIpc) is 3.05. The number of nitrogens with two attached hydrogens (primary N) is 1. The third kappa shape index (κ3) is 2.45. The summed E-state index contributed by atoms with van der Waals surface area (Å²) in [5.74, 6) is 0.430. The first-order valence-electron chi connectivity index (χ1n) is 6.98. The lowest BCUT2D eigenvalue weighted by molar-refractivity contribution is 0.512. The molecule has 0 fully saturated rings. The predicted octanol–water partition coefficient (Wildman–Crippen LogP) is 3.95. The largest absolute Gasteiger partial charge is 0.322 e. The second-order valence-electron chi connectivity index (χ2n) is 5.68. The molecule has 0 saturated heterocycles. The van der Waals surface area contributed by atoms with Crippen molar-refractivity contribution in [3.05, 3.63) is 39.7 Å². The van der Waals surface area contributed by atoms with Crippen molar-refractivity contribution < 1.29 is 0 Å². The van der Waals surface area contributed by atoms with Crippen LogP contribution in [0.1, 0.15) is 42.4 Å². The Morgan fingerprint density at radius 1 is 1.21 bits per heavy atom. The minimum absolute atomic E-state index is 0.0492. The fourth-order valence-electron chi connectivity index (χ4n) is 2.59. The van der Waals surface area contributed by atoms with Crippen molar-refractivity contribution in [3.8, 4) is 11.3 Å². The first-order valence-corrected chi connectivity index (χ1v) is 7.86. The first kappa shape index (κ1) is 12.8. The molecule has 2 N–H and O–H groups in total. The van der Waals surface area contributed by atoms with Crippen molar-refractivity contribution in [1.82, 2.24) is 4.98 Å². The third-order valence-electron chi connectivity index (χ3n) is 3.92. The Balaban J connectivity index is 1.90. The molecule has 0 spiro atoms. The number of hydrogen-bond donors (Lipinski definition) is 1. The monoisotopic (exact) mass is 272 g/mol. The molecule has 0 amide bonds. The van der Waals surface area contributed by atoms with Gasteiger partial charge in [0.15, 0.2) is 0 Å². The Morgan fingerprint density at radius 2 is 2.00 bits per heavy atom. The van der Waals surface area contributed by atoms with Crippen LogP contribution < -0.4 is 5.73 Å². The Bertz CT molecular complexity index is 586. The lowest BCUT2D eigenvalue weighted by Gasteiger charge is -2.11. The molecule has 1 aliphatic rings. The van der Waals surface area contributed by atoms with E-state index < -0.39 is 0 Å². The van der Waals surface area contributed by atoms with Crippen LogP contribution in [-0.4, -0.2) is 4.98 Å². The van der Waals surface area contributed by atoms with Gasteiger partial charge in [0.05, 0.1) is 11.7 Å². The molecule has 1 aromatic heterocycles. The Morgan fingerprint density at radius 3 is 2.79 bits per heavy atom. The van der Waals surface area contributed by atoms with Gasteiger partial charge in [-0.3, -0.25) is 0 Å². The van der Waals surface area contributed by atoms with Crippen LogP contribution in [0.25, 0.3) is 11.3 Å². The minimum atomic E-state index is 0.0492. The van der Waals surface area contributed by atoms with Crippen LogP contribution in [0.3, 0.4) is 0 Å². The summed E-state index contributed by atoms with van der Waals surface area (Å²) in [5.41, 5.74) is 11.5. The zero-order valence-corrected chi connectivity index (χ0v) is 12.3. The summed E-state index contributed by atoms with van der Waals surface area (Å²) in [6.07, 6.45) is 3.74. The molecule has 1 aliphatic carbocycles. The molecule has 100 valence electrons. The van der Waals surface area contributed by atoms with Crippen molar-refractivity contribution in [3.63, 3.8) is 0 Å². The molecule has 3 rings (SSSR count). The van der Waals surface area contributed by atoms with Gasteiger partial charge in [0, 0.05) is 10.9 Å². The summed E-state index contributed by atoms with van der Waals surface area (Å²) in [4.78, 5) is 4.72. The number of thiazole rings is 1. The van der Waals surface area contributed by atoms with Gasteiger partial charge in [-0.05, 0) is 42.4 Å². The maximum atomic E-state index is 6.17. The van der Waals surface area contributed by atoms with Gasteiger partial charge < -0.3 is 5.73 Å². The third-order valence-corrected chi connectivity index (χ3v) is 4.87. The van der Waals surface area contributed by atoms with Gasteiger partial charge in [-0.2, -0.15) is 0 Å². The lowest BCUT2D eigenvalue weighted by Crippen LogP contribution is -2.16. The quantitative estimate of drug-likeness (QED) is 0.918. The lowest BCUT2D eigenvalue weighted by atomic mass is 10.0. The second-order valence-corrected chi connectivity index (χ2v) is 6.57. The molecule has 19 heavy (non-hydrogen) atoms. The van der Waals surface area contributed by atoms with Gasteiger partial charge in [-0.15, -0.1) is 11.3 Å². The highest BCUT2D eigenvalue weighted by atomic mass is 32.1. The normalized spacial score (nSPS) is 15.8.